The number of nitrogens with zero attached hydrogens (tertiary/aromatic N) is 1. The predicted molar refractivity (Wildman–Crippen MR) is 35.9 cm³/mol. The summed E-state index contributed by atoms with van der Waals surface area (Å²) in [6, 6.07) is 0.898. The molecule has 1 aliphatic rings. The highest BCUT2D eigenvalue weighted by Gasteiger charge is 2.17. The molecule has 48 valence electrons. The van der Waals surface area contributed by atoms with Gasteiger partial charge in [-0.2, -0.15) is 0 Å². The van der Waals surface area contributed by atoms with Crippen LogP contribution < -0.4 is 0 Å². The summed E-state index contributed by atoms with van der Waals surface area (Å²) in [4.78, 5) is 2.46. The van der Waals surface area contributed by atoms with Crippen LogP contribution in [0, 0.1) is 0 Å². The lowest BCUT2D eigenvalue weighted by atomic mass is 10.2. The second-order valence-electron chi connectivity index (χ2n) is 2.68. The van der Waals surface area contributed by atoms with Gasteiger partial charge >= 0.3 is 0 Å². The van der Waals surface area contributed by atoms with Gasteiger partial charge in [0.1, 0.15) is 0 Å². The fraction of sp³-hybridized carbons (Fsp3) is 1.00. The standard InChI is InChI=1S/C7H15N/c1-3-7-5-4-6-8(7)2/h7H,3-6H2,1-2H3/t7-/m0/s1. The van der Waals surface area contributed by atoms with Crippen LogP contribution in [-0.2, 0) is 0 Å². The molecule has 1 nitrogen and oxygen atoms in total. The summed E-state index contributed by atoms with van der Waals surface area (Å²) in [5.41, 5.74) is 0. The SMILES string of the molecule is CC[C@H]1CCCN1C. The van der Waals surface area contributed by atoms with E-state index in [1.54, 1.807) is 0 Å². The highest BCUT2D eigenvalue weighted by molar-refractivity contribution is 4.73. The van der Waals surface area contributed by atoms with Crippen LogP contribution in [0.4, 0.5) is 0 Å². The molecule has 0 unspecified atom stereocenters. The van der Waals surface area contributed by atoms with E-state index >= 15 is 0 Å². The normalized spacial score (nSPS) is 31.5. The van der Waals surface area contributed by atoms with Crippen molar-refractivity contribution in [1.82, 2.24) is 4.90 Å². The largest absolute Gasteiger partial charge is 0.303 e. The van der Waals surface area contributed by atoms with E-state index in [1.807, 2.05) is 0 Å². The first-order valence-electron chi connectivity index (χ1n) is 3.55. The van der Waals surface area contributed by atoms with E-state index in [-0.39, 0.29) is 0 Å². The van der Waals surface area contributed by atoms with E-state index in [0.29, 0.717) is 0 Å². The minimum absolute atomic E-state index is 0.898. The van der Waals surface area contributed by atoms with Crippen LogP contribution in [0.25, 0.3) is 0 Å². The zero-order valence-electron chi connectivity index (χ0n) is 5.85. The van der Waals surface area contributed by atoms with E-state index in [2.05, 4.69) is 18.9 Å². The van der Waals surface area contributed by atoms with Crippen molar-refractivity contribution in [2.45, 2.75) is 32.2 Å². The Hall–Kier alpha value is -0.0400. The van der Waals surface area contributed by atoms with Crippen molar-refractivity contribution in [3.8, 4) is 0 Å². The van der Waals surface area contributed by atoms with Gasteiger partial charge in [0.05, 0.1) is 0 Å². The lowest BCUT2D eigenvalue weighted by molar-refractivity contribution is 0.304. The van der Waals surface area contributed by atoms with Crippen LogP contribution in [0.1, 0.15) is 26.2 Å². The first kappa shape index (κ1) is 6.09. The van der Waals surface area contributed by atoms with Crippen LogP contribution in [-0.4, -0.2) is 24.5 Å². The third kappa shape index (κ3) is 1.03. The molecule has 0 aromatic heterocycles. The van der Waals surface area contributed by atoms with Gasteiger partial charge < -0.3 is 4.90 Å². The smallest absolute Gasteiger partial charge is 0.00900 e. The van der Waals surface area contributed by atoms with Gasteiger partial charge in [-0.3, -0.25) is 0 Å². The summed E-state index contributed by atoms with van der Waals surface area (Å²) < 4.78 is 0. The molecule has 1 aliphatic heterocycles. The first-order chi connectivity index (χ1) is 3.84. The molecule has 1 heteroatoms. The van der Waals surface area contributed by atoms with Crippen molar-refractivity contribution >= 4 is 0 Å². The summed E-state index contributed by atoms with van der Waals surface area (Å²) in [5.74, 6) is 0. The van der Waals surface area contributed by atoms with Gasteiger partial charge in [0, 0.05) is 6.04 Å². The second kappa shape index (κ2) is 2.49. The van der Waals surface area contributed by atoms with Crippen LogP contribution in [0.15, 0.2) is 0 Å². The van der Waals surface area contributed by atoms with Gasteiger partial charge in [-0.05, 0) is 32.9 Å². The molecule has 0 radical (unpaired) electrons. The van der Waals surface area contributed by atoms with Gasteiger partial charge in [-0.1, -0.05) is 6.92 Å². The molecule has 1 heterocycles. The maximum atomic E-state index is 2.46. The molecule has 0 bridgehead atoms. The topological polar surface area (TPSA) is 3.24 Å². The Bertz CT molecular complexity index is 70.8. The molecule has 0 amide bonds. The maximum Gasteiger partial charge on any atom is 0.00900 e. The predicted octanol–water partition coefficient (Wildman–Crippen LogP) is 1.49. The molecule has 0 aromatic carbocycles. The highest BCUT2D eigenvalue weighted by Crippen LogP contribution is 2.16. The van der Waals surface area contributed by atoms with Gasteiger partial charge in [0.2, 0.25) is 0 Å². The average Bonchev–Trinajstić information content (AvgIpc) is 2.14. The molecule has 1 saturated heterocycles. The third-order valence-electron chi connectivity index (χ3n) is 2.14. The fourth-order valence-electron chi connectivity index (χ4n) is 1.50. The van der Waals surface area contributed by atoms with Crippen LogP contribution in [0.2, 0.25) is 0 Å². The van der Waals surface area contributed by atoms with E-state index in [1.165, 1.54) is 25.8 Å². The first-order valence-corrected chi connectivity index (χ1v) is 3.55. The lowest BCUT2D eigenvalue weighted by Gasteiger charge is -2.16. The highest BCUT2D eigenvalue weighted by atomic mass is 15.1. The Morgan fingerprint density at radius 2 is 2.38 bits per heavy atom. The summed E-state index contributed by atoms with van der Waals surface area (Å²) in [6.45, 7) is 3.59. The van der Waals surface area contributed by atoms with E-state index in [0.717, 1.165) is 6.04 Å². The molecule has 1 rings (SSSR count). The molecule has 0 aliphatic carbocycles. The summed E-state index contributed by atoms with van der Waals surface area (Å²) in [7, 11) is 2.22. The second-order valence-corrected chi connectivity index (χ2v) is 2.68. The van der Waals surface area contributed by atoms with E-state index in [4.69, 9.17) is 0 Å². The van der Waals surface area contributed by atoms with Crippen LogP contribution >= 0.6 is 0 Å². The minimum Gasteiger partial charge on any atom is -0.303 e. The Kier molecular flexibility index (Phi) is 1.90. The van der Waals surface area contributed by atoms with Crippen molar-refractivity contribution < 1.29 is 0 Å². The van der Waals surface area contributed by atoms with Gasteiger partial charge in [0.25, 0.3) is 0 Å². The Morgan fingerprint density at radius 3 is 2.62 bits per heavy atom. The zero-order chi connectivity index (χ0) is 5.98. The maximum absolute atomic E-state index is 2.46. The molecule has 0 saturated carbocycles. The van der Waals surface area contributed by atoms with Crippen molar-refractivity contribution in [1.29, 1.82) is 0 Å². The van der Waals surface area contributed by atoms with Crippen LogP contribution in [0.5, 0.6) is 0 Å². The van der Waals surface area contributed by atoms with E-state index < -0.39 is 0 Å². The Morgan fingerprint density at radius 1 is 1.62 bits per heavy atom. The third-order valence-corrected chi connectivity index (χ3v) is 2.14. The summed E-state index contributed by atoms with van der Waals surface area (Å²) in [6.07, 6.45) is 4.17. The van der Waals surface area contributed by atoms with Crippen LogP contribution in [0.3, 0.4) is 0 Å². The van der Waals surface area contributed by atoms with Gasteiger partial charge in [0.15, 0.2) is 0 Å². The molecule has 8 heavy (non-hydrogen) atoms. The quantitative estimate of drug-likeness (QED) is 0.498. The molecule has 0 aromatic rings. The number of rotatable bonds is 1. The van der Waals surface area contributed by atoms with Crippen molar-refractivity contribution in [3.05, 3.63) is 0 Å². The summed E-state index contributed by atoms with van der Waals surface area (Å²) >= 11 is 0. The molecule has 0 N–H and O–H groups in total. The average molecular weight is 113 g/mol. The summed E-state index contributed by atoms with van der Waals surface area (Å²) in [5, 5.41) is 0. The lowest BCUT2D eigenvalue weighted by Crippen LogP contribution is -2.23. The van der Waals surface area contributed by atoms with Gasteiger partial charge in [-0.25, -0.2) is 0 Å². The Balaban J connectivity index is 2.30. The molecular formula is C7H15N. The van der Waals surface area contributed by atoms with Crippen molar-refractivity contribution in [2.75, 3.05) is 13.6 Å². The monoisotopic (exact) mass is 113 g/mol. The molecule has 1 fully saturated rings. The Labute approximate surface area is 51.7 Å². The molecule has 1 atom stereocenters. The number of hydrogen-bond acceptors (Lipinski definition) is 1. The molecular weight excluding hydrogens is 98.1 g/mol. The van der Waals surface area contributed by atoms with Crippen molar-refractivity contribution in [3.63, 3.8) is 0 Å². The van der Waals surface area contributed by atoms with E-state index in [9.17, 15) is 0 Å². The van der Waals surface area contributed by atoms with Gasteiger partial charge in [-0.15, -0.1) is 0 Å². The number of hydrogen-bond donors (Lipinski definition) is 0. The molecule has 0 spiro atoms. The fourth-order valence-corrected chi connectivity index (χ4v) is 1.50. The number of likely N-dealkylation sites (tertiary alicyclic amines) is 1. The minimum atomic E-state index is 0.898. The van der Waals surface area contributed by atoms with Crippen molar-refractivity contribution in [2.24, 2.45) is 0 Å². The zero-order valence-corrected chi connectivity index (χ0v) is 5.85.